The van der Waals surface area contributed by atoms with Gasteiger partial charge in [-0.05, 0) is 36.8 Å². The van der Waals surface area contributed by atoms with E-state index in [1.165, 1.54) is 0 Å². The summed E-state index contributed by atoms with van der Waals surface area (Å²) < 4.78 is 0. The molecule has 0 aromatic heterocycles. The molecule has 1 saturated carbocycles. The van der Waals surface area contributed by atoms with Crippen LogP contribution in [0.5, 0.6) is 5.75 Å². The van der Waals surface area contributed by atoms with Gasteiger partial charge in [-0.2, -0.15) is 0 Å². The van der Waals surface area contributed by atoms with Gasteiger partial charge in [0.2, 0.25) is 5.78 Å². The lowest BCUT2D eigenvalue weighted by Gasteiger charge is -2.46. The normalized spacial score (nSPS) is 25.4. The number of primary amides is 1. The number of anilines is 1. The second kappa shape index (κ2) is 8.47. The van der Waals surface area contributed by atoms with Crippen LogP contribution in [0.3, 0.4) is 0 Å². The van der Waals surface area contributed by atoms with E-state index < -0.39 is 52.0 Å². The Morgan fingerprint density at radius 3 is 2.51 bits per heavy atom. The van der Waals surface area contributed by atoms with Crippen LogP contribution in [0.1, 0.15) is 49.3 Å². The molecule has 1 aromatic rings. The van der Waals surface area contributed by atoms with E-state index in [-0.39, 0.29) is 41.7 Å². The maximum absolute atomic E-state index is 13.6. The Hall–Kier alpha value is -3.77. The molecule has 184 valence electrons. The van der Waals surface area contributed by atoms with E-state index in [0.29, 0.717) is 17.7 Å². The molecular weight excluding hydrogens is 452 g/mol. The number of amides is 1. The van der Waals surface area contributed by atoms with Gasteiger partial charge in [-0.1, -0.05) is 18.8 Å². The summed E-state index contributed by atoms with van der Waals surface area (Å²) in [6.45, 7) is 1.97. The number of hydrogen-bond donors (Lipinski definition) is 5. The molecule has 1 aromatic carbocycles. The number of benzene rings is 1. The molecule has 9 nitrogen and oxygen atoms in total. The van der Waals surface area contributed by atoms with E-state index in [9.17, 15) is 34.8 Å². The molecule has 0 aliphatic heterocycles. The summed E-state index contributed by atoms with van der Waals surface area (Å²) in [6.07, 6.45) is 1.44. The molecule has 0 radical (unpaired) electrons. The number of ketones is 2. The highest BCUT2D eigenvalue weighted by molar-refractivity contribution is 6.22. The molecule has 0 saturated heterocycles. The fourth-order valence-corrected chi connectivity index (χ4v) is 5.45. The standard InChI is InChI=1S/C26H28N2O7/c1-4-5-6-7-12-10-16(28(2)3)15-9-13-8-14-11-17(29)20(25(27)34)24(33)26(14,35)23(32)18(13)22(31)19(15)21(12)30/h10,13-14,30-31,33,35H,4-5,8-9,11H2,1-3H3,(H2,27,34)/t13-,14+,26+/m1/s1. The Labute approximate surface area is 202 Å². The third kappa shape index (κ3) is 3.48. The average molecular weight is 481 g/mol. The fraction of sp³-hybridized carbons (Fsp3) is 0.423. The second-order valence-corrected chi connectivity index (χ2v) is 9.50. The van der Waals surface area contributed by atoms with E-state index in [2.05, 4.69) is 11.8 Å². The lowest BCUT2D eigenvalue weighted by Crippen LogP contribution is -2.58. The Kier molecular flexibility index (Phi) is 5.89. The fourth-order valence-electron chi connectivity index (χ4n) is 5.45. The first-order valence-electron chi connectivity index (χ1n) is 11.5. The molecule has 9 heteroatoms. The SMILES string of the molecule is CCCC#Cc1cc(N(C)C)c2c(c1O)C(O)=C1C(=O)[C@]3(O)C(O)=C(C(N)=O)C(=O)C[C@@H]3C[C@@H]1C2. The smallest absolute Gasteiger partial charge is 0.255 e. The minimum atomic E-state index is -2.58. The van der Waals surface area contributed by atoms with Crippen molar-refractivity contribution >= 4 is 28.9 Å². The second-order valence-electron chi connectivity index (χ2n) is 9.50. The number of aliphatic hydroxyl groups excluding tert-OH is 2. The van der Waals surface area contributed by atoms with Gasteiger partial charge in [0.1, 0.15) is 22.8 Å². The number of carbonyl (C=O) groups excluding carboxylic acids is 3. The first-order valence-corrected chi connectivity index (χ1v) is 11.5. The molecule has 0 unspecified atom stereocenters. The van der Waals surface area contributed by atoms with Gasteiger partial charge in [0.05, 0.1) is 11.1 Å². The molecular formula is C26H28N2O7. The van der Waals surface area contributed by atoms with Gasteiger partial charge in [-0.3, -0.25) is 14.4 Å². The molecule has 0 bridgehead atoms. The molecule has 3 atom stereocenters. The topological polar surface area (TPSA) is 161 Å². The van der Waals surface area contributed by atoms with Crippen molar-refractivity contribution in [3.05, 3.63) is 39.7 Å². The minimum absolute atomic E-state index is 0.0455. The van der Waals surface area contributed by atoms with Crippen molar-refractivity contribution in [2.45, 2.75) is 44.6 Å². The van der Waals surface area contributed by atoms with Crippen molar-refractivity contribution in [2.24, 2.45) is 17.6 Å². The van der Waals surface area contributed by atoms with Gasteiger partial charge in [-0.15, -0.1) is 0 Å². The van der Waals surface area contributed by atoms with Crippen LogP contribution >= 0.6 is 0 Å². The van der Waals surface area contributed by atoms with Crippen LogP contribution in [0, 0.1) is 23.7 Å². The summed E-state index contributed by atoms with van der Waals surface area (Å²) in [5, 5.41) is 44.3. The highest BCUT2D eigenvalue weighted by atomic mass is 16.3. The molecule has 4 rings (SSSR count). The number of phenols is 1. The number of rotatable bonds is 3. The summed E-state index contributed by atoms with van der Waals surface area (Å²) in [6, 6.07) is 1.73. The zero-order valence-corrected chi connectivity index (χ0v) is 19.8. The van der Waals surface area contributed by atoms with Crippen LogP contribution in [0.2, 0.25) is 0 Å². The first-order chi connectivity index (χ1) is 16.4. The predicted octanol–water partition coefficient (Wildman–Crippen LogP) is 1.64. The largest absolute Gasteiger partial charge is 0.508 e. The van der Waals surface area contributed by atoms with E-state index in [4.69, 9.17) is 5.73 Å². The number of unbranched alkanes of at least 4 members (excludes halogenated alkanes) is 1. The number of aliphatic hydroxyl groups is 3. The van der Waals surface area contributed by atoms with Crippen molar-refractivity contribution in [3.8, 4) is 17.6 Å². The Morgan fingerprint density at radius 1 is 1.23 bits per heavy atom. The number of nitrogens with two attached hydrogens (primary N) is 1. The summed E-state index contributed by atoms with van der Waals surface area (Å²) in [5.41, 5.74) is 3.31. The molecule has 3 aliphatic carbocycles. The summed E-state index contributed by atoms with van der Waals surface area (Å²) in [4.78, 5) is 39.6. The number of aromatic hydroxyl groups is 1. The van der Waals surface area contributed by atoms with Crippen LogP contribution in [0.25, 0.3) is 5.76 Å². The molecule has 0 heterocycles. The minimum Gasteiger partial charge on any atom is -0.508 e. The third-order valence-electron chi connectivity index (χ3n) is 7.12. The lowest BCUT2D eigenvalue weighted by molar-refractivity contribution is -0.147. The highest BCUT2D eigenvalue weighted by Crippen LogP contribution is 2.53. The van der Waals surface area contributed by atoms with Gasteiger partial charge in [0, 0.05) is 44.1 Å². The predicted molar refractivity (Wildman–Crippen MR) is 127 cm³/mol. The zero-order valence-electron chi connectivity index (χ0n) is 19.8. The van der Waals surface area contributed by atoms with Crippen LogP contribution in [0.15, 0.2) is 23.0 Å². The number of nitrogens with zero attached hydrogens (tertiary/aromatic N) is 1. The van der Waals surface area contributed by atoms with E-state index in [0.717, 1.165) is 6.42 Å². The number of phenolic OH excluding ortho intramolecular Hbond substituents is 1. The monoisotopic (exact) mass is 480 g/mol. The van der Waals surface area contributed by atoms with Crippen LogP contribution in [-0.4, -0.2) is 57.6 Å². The maximum atomic E-state index is 13.6. The quantitative estimate of drug-likeness (QED) is 0.322. The first kappa shape index (κ1) is 24.4. The average Bonchev–Trinajstić information content (AvgIpc) is 2.77. The van der Waals surface area contributed by atoms with Crippen molar-refractivity contribution in [1.82, 2.24) is 0 Å². The number of fused-ring (bicyclic) bond motifs is 3. The molecule has 0 spiro atoms. The molecule has 1 amide bonds. The van der Waals surface area contributed by atoms with E-state index in [1.807, 2.05) is 25.9 Å². The van der Waals surface area contributed by atoms with E-state index in [1.54, 1.807) is 6.07 Å². The van der Waals surface area contributed by atoms with E-state index >= 15 is 0 Å². The van der Waals surface area contributed by atoms with Crippen molar-refractivity contribution in [3.63, 3.8) is 0 Å². The zero-order chi connectivity index (χ0) is 25.8. The summed E-state index contributed by atoms with van der Waals surface area (Å²) >= 11 is 0. The third-order valence-corrected chi connectivity index (χ3v) is 7.12. The summed E-state index contributed by atoms with van der Waals surface area (Å²) in [7, 11) is 3.62. The van der Waals surface area contributed by atoms with Gasteiger partial charge >= 0.3 is 0 Å². The lowest BCUT2D eigenvalue weighted by atomic mass is 9.59. The van der Waals surface area contributed by atoms with Crippen LogP contribution in [0.4, 0.5) is 5.69 Å². The highest BCUT2D eigenvalue weighted by Gasteiger charge is 2.60. The molecule has 6 N–H and O–H groups in total. The Morgan fingerprint density at radius 2 is 1.91 bits per heavy atom. The number of carbonyl (C=O) groups is 3. The van der Waals surface area contributed by atoms with Gasteiger partial charge in [-0.25, -0.2) is 0 Å². The summed E-state index contributed by atoms with van der Waals surface area (Å²) in [5.74, 6) is -0.579. The molecule has 1 fully saturated rings. The number of Topliss-reactive ketones (excluding diaryl/α,β-unsaturated/α-hetero) is 2. The van der Waals surface area contributed by atoms with Gasteiger partial charge in [0.25, 0.3) is 5.91 Å². The van der Waals surface area contributed by atoms with Crippen molar-refractivity contribution in [1.29, 1.82) is 0 Å². The maximum Gasteiger partial charge on any atom is 0.255 e. The molecule has 3 aliphatic rings. The van der Waals surface area contributed by atoms with Crippen molar-refractivity contribution < 1.29 is 34.8 Å². The van der Waals surface area contributed by atoms with Crippen LogP contribution < -0.4 is 10.6 Å². The molecule has 35 heavy (non-hydrogen) atoms. The number of hydrogen-bond acceptors (Lipinski definition) is 8. The van der Waals surface area contributed by atoms with Gasteiger partial charge < -0.3 is 31.1 Å². The Balaban J connectivity index is 1.95. The Bertz CT molecular complexity index is 1290. The van der Waals surface area contributed by atoms with Crippen molar-refractivity contribution in [2.75, 3.05) is 19.0 Å². The van der Waals surface area contributed by atoms with Crippen LogP contribution in [-0.2, 0) is 20.8 Å². The van der Waals surface area contributed by atoms with Gasteiger partial charge in [0.15, 0.2) is 11.4 Å².